The van der Waals surface area contributed by atoms with Gasteiger partial charge in [-0.1, -0.05) is 321 Å². The number of furan rings is 2. The molecular formula is C92H56O2. The Morgan fingerprint density at radius 2 is 0.574 bits per heavy atom. The van der Waals surface area contributed by atoms with Gasteiger partial charge >= 0.3 is 0 Å². The van der Waals surface area contributed by atoms with Gasteiger partial charge in [-0.05, 0) is 160 Å². The molecule has 18 aromatic carbocycles. The number of hydrogen-bond donors (Lipinski definition) is 0. The lowest BCUT2D eigenvalue weighted by Crippen LogP contribution is -1.92. The molecule has 20 aromatic rings. The molecule has 0 atom stereocenters. The average molecular weight is 1220 g/mol. The van der Waals surface area contributed by atoms with Crippen LogP contribution in [0.1, 0.15) is 31.5 Å². The van der Waals surface area contributed by atoms with Crippen molar-refractivity contribution in [1.29, 1.82) is 0 Å². The summed E-state index contributed by atoms with van der Waals surface area (Å²) in [5.41, 5.74) is 7.17. The van der Waals surface area contributed by atoms with Crippen LogP contribution < -0.4 is 0 Å². The van der Waals surface area contributed by atoms with E-state index in [1.165, 1.54) is 0 Å². The van der Waals surface area contributed by atoms with Gasteiger partial charge < -0.3 is 8.83 Å². The zero-order valence-electron chi connectivity index (χ0n) is 72.4. The highest BCUT2D eigenvalue weighted by Crippen LogP contribution is 2.49. The van der Waals surface area contributed by atoms with Gasteiger partial charge in [0.2, 0.25) is 0 Å². The van der Waals surface area contributed by atoms with Crippen molar-refractivity contribution in [3.05, 3.63) is 339 Å². The molecule has 0 aliphatic heterocycles. The third kappa shape index (κ3) is 8.43. The fourth-order valence-electron chi connectivity index (χ4n) is 14.0. The predicted octanol–water partition coefficient (Wildman–Crippen LogP) is 26.4. The SMILES string of the molecule is [2H]c1c([2H])c([2H])c2c(-c3c4c([2H])c([2H])c([2H])c([2H])c4c(-c4ccc(-c5cccc6c5oc5ccc7ccccc7c56)cc4)c4c([2H])c([2H])c([2H])c([2H])c34)c([2H])c([2H])c([2H])c2c1[2H].[2H]c1c([2H])c([2H])c2c(-c3cccc4ccccc34)c3c([2H])c([2H])c([2H])c([2H])c3c(-c3cccc(-c4cccc5c4oc4ccc6ccccc6c45)c3)c2c1[2H]. The van der Waals surface area contributed by atoms with Crippen LogP contribution in [0, 0.1) is 0 Å². The molecule has 20 rings (SSSR count). The Kier molecular flexibility index (Phi) is 8.14. The van der Waals surface area contributed by atoms with Crippen LogP contribution in [0.5, 0.6) is 0 Å². The Labute approximate surface area is 574 Å². The number of benzene rings is 18. The Bertz CT molecular complexity index is 7750. The van der Waals surface area contributed by atoms with Crippen LogP contribution in [0.4, 0.5) is 0 Å². The normalized spacial score (nSPS) is 15.3. The second-order valence-corrected chi connectivity index (χ2v) is 23.1. The monoisotopic (exact) mass is 1220 g/mol. The first-order chi connectivity index (χ1) is 56.2. The highest BCUT2D eigenvalue weighted by molar-refractivity contribution is 6.27. The van der Waals surface area contributed by atoms with Gasteiger partial charge in [-0.15, -0.1) is 0 Å². The molecule has 436 valence electrons. The maximum Gasteiger partial charge on any atom is 0.143 e. The van der Waals surface area contributed by atoms with Gasteiger partial charge in [0, 0.05) is 32.7 Å². The first kappa shape index (κ1) is 35.3. The van der Waals surface area contributed by atoms with Crippen molar-refractivity contribution < 1.29 is 40.4 Å². The molecule has 0 amide bonds. The Morgan fingerprint density at radius 3 is 1.13 bits per heavy atom. The fraction of sp³-hybridized carbons (Fsp3) is 0. The van der Waals surface area contributed by atoms with E-state index in [4.69, 9.17) is 28.0 Å². The molecular weight excluding hydrogens is 1140 g/mol. The summed E-state index contributed by atoms with van der Waals surface area (Å²) in [7, 11) is 0. The van der Waals surface area contributed by atoms with Crippen LogP contribution in [0.25, 0.3) is 197 Å². The van der Waals surface area contributed by atoms with E-state index in [-0.39, 0.29) is 78.4 Å². The van der Waals surface area contributed by atoms with Gasteiger partial charge in [0.05, 0.1) is 31.5 Å². The number of rotatable bonds is 6. The number of hydrogen-bond acceptors (Lipinski definition) is 2. The van der Waals surface area contributed by atoms with Gasteiger partial charge in [0.25, 0.3) is 0 Å². The Balaban J connectivity index is 0.000000157. The summed E-state index contributed by atoms with van der Waals surface area (Å²) in [6, 6.07) is 50.7. The molecule has 0 saturated carbocycles. The van der Waals surface area contributed by atoms with E-state index in [2.05, 4.69) is 12.1 Å². The van der Waals surface area contributed by atoms with Gasteiger partial charge in [0.1, 0.15) is 22.3 Å². The molecule has 0 aliphatic rings. The molecule has 2 heterocycles. The van der Waals surface area contributed by atoms with E-state index in [0.717, 1.165) is 81.7 Å². The third-order valence-electron chi connectivity index (χ3n) is 18.1. The van der Waals surface area contributed by atoms with E-state index in [1.807, 2.05) is 164 Å². The predicted molar refractivity (Wildman–Crippen MR) is 400 cm³/mol. The first-order valence-corrected chi connectivity index (χ1v) is 30.5. The molecule has 2 aromatic heterocycles. The maximum atomic E-state index is 9.39. The van der Waals surface area contributed by atoms with Crippen molar-refractivity contribution in [1.82, 2.24) is 0 Å². The minimum atomic E-state index is -0.757. The van der Waals surface area contributed by atoms with Gasteiger partial charge in [0.15, 0.2) is 0 Å². The summed E-state index contributed by atoms with van der Waals surface area (Å²) in [6.45, 7) is 0. The molecule has 2 nitrogen and oxygen atoms in total. The minimum absolute atomic E-state index is 0.0265. The molecule has 0 bridgehead atoms. The molecule has 0 spiro atoms. The first-order valence-electron chi connectivity index (χ1n) is 42.0. The fourth-order valence-corrected chi connectivity index (χ4v) is 14.0. The topological polar surface area (TPSA) is 26.3 Å². The maximum absolute atomic E-state index is 9.39. The standard InChI is InChI=1S/2C46H28O/c1-3-17-33-29(12-1)14-10-24-36(33)44-39-21-7-5-19-37(39)43(38-20-6-8-22-40(38)44)32-16-9-15-31(28-32)35-23-11-25-41-45-34-18-4-2-13-30(34)26-27-42(45)47-46(35)41;1-3-14-33-29(11-1)13-9-21-36(33)44-39-18-7-5-16-37(39)43(38-17-6-8-19-40(38)44)32-25-23-31(24-26-32)35-20-10-22-41-45-34-15-4-2-12-30(34)27-28-42(45)47-46(35)41/h2*1-28H/i5D,6D,7D,8D,19D,20D,21D,22D;1D,3D,5D,6D,7D,8D,9D,11D,13D,14D,16D,17D,18D,19D,21D. The molecule has 0 saturated heterocycles. The van der Waals surface area contributed by atoms with Crippen molar-refractivity contribution in [2.75, 3.05) is 0 Å². The van der Waals surface area contributed by atoms with Gasteiger partial charge in [-0.25, -0.2) is 0 Å². The molecule has 0 N–H and O–H groups in total. The van der Waals surface area contributed by atoms with Crippen LogP contribution in [-0.2, 0) is 0 Å². The van der Waals surface area contributed by atoms with Gasteiger partial charge in [-0.3, -0.25) is 0 Å². The van der Waals surface area contributed by atoms with E-state index >= 15 is 0 Å². The zero-order chi connectivity index (χ0) is 81.8. The molecule has 0 unspecified atom stereocenters. The summed E-state index contributed by atoms with van der Waals surface area (Å²) in [4.78, 5) is 0. The largest absolute Gasteiger partial charge is 0.455 e. The van der Waals surface area contributed by atoms with Crippen LogP contribution in [-0.4, -0.2) is 0 Å². The third-order valence-corrected chi connectivity index (χ3v) is 18.1. The molecule has 94 heavy (non-hydrogen) atoms. The van der Waals surface area contributed by atoms with Crippen molar-refractivity contribution in [3.8, 4) is 66.8 Å². The van der Waals surface area contributed by atoms with Gasteiger partial charge in [-0.2, -0.15) is 0 Å². The Hall–Kier alpha value is -12.4. The molecule has 0 radical (unpaired) electrons. The van der Waals surface area contributed by atoms with E-state index in [1.54, 1.807) is 24.3 Å². The second-order valence-electron chi connectivity index (χ2n) is 23.1. The molecule has 0 aliphatic carbocycles. The second kappa shape index (κ2) is 21.7. The quantitative estimate of drug-likeness (QED) is 0.155. The zero-order valence-corrected chi connectivity index (χ0v) is 49.4. The number of para-hydroxylation sites is 2. The van der Waals surface area contributed by atoms with Crippen molar-refractivity contribution >= 4 is 130 Å². The van der Waals surface area contributed by atoms with Crippen molar-refractivity contribution in [3.63, 3.8) is 0 Å². The highest BCUT2D eigenvalue weighted by Gasteiger charge is 2.23. The van der Waals surface area contributed by atoms with E-state index < -0.39 is 131 Å². The van der Waals surface area contributed by atoms with Crippen LogP contribution >= 0.6 is 0 Å². The van der Waals surface area contributed by atoms with E-state index in [9.17, 15) is 12.3 Å². The molecule has 2 heteroatoms. The lowest BCUT2D eigenvalue weighted by Gasteiger charge is -2.19. The Morgan fingerprint density at radius 1 is 0.202 bits per heavy atom. The summed E-state index contributed by atoms with van der Waals surface area (Å²) in [5.74, 6) is 0. The summed E-state index contributed by atoms with van der Waals surface area (Å²) >= 11 is 0. The van der Waals surface area contributed by atoms with Crippen LogP contribution in [0.15, 0.2) is 348 Å². The highest BCUT2D eigenvalue weighted by atomic mass is 16.3. The van der Waals surface area contributed by atoms with Crippen molar-refractivity contribution in [2.45, 2.75) is 0 Å². The van der Waals surface area contributed by atoms with Crippen molar-refractivity contribution in [2.24, 2.45) is 0 Å². The van der Waals surface area contributed by atoms with E-state index in [0.29, 0.717) is 44.6 Å². The lowest BCUT2D eigenvalue weighted by molar-refractivity contribution is 0.670. The smallest absolute Gasteiger partial charge is 0.143 e. The molecule has 0 fully saturated rings. The minimum Gasteiger partial charge on any atom is -0.455 e. The summed E-state index contributed by atoms with van der Waals surface area (Å²) < 4.78 is 220. The van der Waals surface area contributed by atoms with Crippen LogP contribution in [0.2, 0.25) is 0 Å². The van der Waals surface area contributed by atoms with Crippen LogP contribution in [0.3, 0.4) is 0 Å². The lowest BCUT2D eigenvalue weighted by atomic mass is 9.84. The number of fused-ring (bicyclic) bond motifs is 16. The summed E-state index contributed by atoms with van der Waals surface area (Å²) in [6.07, 6.45) is 0. The summed E-state index contributed by atoms with van der Waals surface area (Å²) in [5, 5.41) is 8.70. The average Bonchev–Trinajstić information content (AvgIpc) is 1.06.